The number of hydrogen-bond donors (Lipinski definition) is 1. The van der Waals surface area contributed by atoms with Gasteiger partial charge in [0.2, 0.25) is 0 Å². The standard InChI is InChI=1S/C56H68N4O/c1-52(2,3)36-18-17-19-41(28-36)58-47-25-21-38(54(7,8)9)32-50(47)59(16)42-29-40(56(13,14)15)30-44(34-42)61-43-22-24-46-45-23-20-37(53(4,5)6)31-48(45)60(49(46)35-43)51-33-39(26-27-57-51)55(10,11)12/h17-35,58H,1-16H3. The third-order valence-corrected chi connectivity index (χ3v) is 12.1. The van der Waals surface area contributed by atoms with Crippen LogP contribution in [0.2, 0.25) is 0 Å². The lowest BCUT2D eigenvalue weighted by Crippen LogP contribution is -2.17. The first-order chi connectivity index (χ1) is 28.3. The van der Waals surface area contributed by atoms with Crippen LogP contribution in [0.25, 0.3) is 27.6 Å². The summed E-state index contributed by atoms with van der Waals surface area (Å²) in [6, 6.07) is 40.0. The molecule has 0 bridgehead atoms. The first kappa shape index (κ1) is 43.5. The second kappa shape index (κ2) is 15.4. The van der Waals surface area contributed by atoms with E-state index >= 15 is 0 Å². The zero-order chi connectivity index (χ0) is 44.4. The predicted molar refractivity (Wildman–Crippen MR) is 263 cm³/mol. The van der Waals surface area contributed by atoms with Gasteiger partial charge in [-0.3, -0.25) is 4.57 Å². The number of nitrogens with one attached hydrogen (secondary N) is 1. The van der Waals surface area contributed by atoms with Gasteiger partial charge in [0.05, 0.1) is 22.4 Å². The molecule has 5 heteroatoms. The van der Waals surface area contributed by atoms with Crippen molar-refractivity contribution in [2.75, 3.05) is 17.3 Å². The molecule has 5 nitrogen and oxygen atoms in total. The third-order valence-electron chi connectivity index (χ3n) is 12.1. The van der Waals surface area contributed by atoms with Crippen LogP contribution in [0, 0.1) is 0 Å². The highest BCUT2D eigenvalue weighted by molar-refractivity contribution is 6.09. The summed E-state index contributed by atoms with van der Waals surface area (Å²) >= 11 is 0. The van der Waals surface area contributed by atoms with E-state index in [0.717, 1.165) is 51.1 Å². The molecule has 7 rings (SSSR count). The average Bonchev–Trinajstić information content (AvgIpc) is 3.49. The second-order valence-corrected chi connectivity index (χ2v) is 22.2. The van der Waals surface area contributed by atoms with Crippen LogP contribution in [0.15, 0.2) is 115 Å². The van der Waals surface area contributed by atoms with E-state index < -0.39 is 0 Å². The van der Waals surface area contributed by atoms with Crippen molar-refractivity contribution in [2.45, 2.75) is 131 Å². The van der Waals surface area contributed by atoms with Crippen LogP contribution in [0.4, 0.5) is 22.7 Å². The molecule has 1 N–H and O–H groups in total. The molecule has 2 aromatic heterocycles. The Morgan fingerprint density at radius 1 is 0.492 bits per heavy atom. The van der Waals surface area contributed by atoms with Gasteiger partial charge in [0, 0.05) is 47.5 Å². The maximum Gasteiger partial charge on any atom is 0.137 e. The number of ether oxygens (including phenoxy) is 1. The smallest absolute Gasteiger partial charge is 0.137 e. The first-order valence-electron chi connectivity index (χ1n) is 21.9. The topological polar surface area (TPSA) is 42.3 Å². The SMILES string of the molecule is CN(c1cc(Oc2ccc3c4ccc(C(C)(C)C)cc4n(-c4cc(C(C)(C)C)ccn4)c3c2)cc(C(C)(C)C)c1)c1cc(C(C)(C)C)ccc1Nc1cccc(C(C)(C)C)c1. The minimum Gasteiger partial charge on any atom is -0.457 e. The lowest BCUT2D eigenvalue weighted by atomic mass is 9.86. The summed E-state index contributed by atoms with van der Waals surface area (Å²) in [5.41, 5.74) is 12.6. The summed E-state index contributed by atoms with van der Waals surface area (Å²) in [4.78, 5) is 7.28. The molecule has 0 aliphatic rings. The van der Waals surface area contributed by atoms with Gasteiger partial charge in [-0.15, -0.1) is 0 Å². The molecular formula is C56H68N4O. The fourth-order valence-electron chi connectivity index (χ4n) is 7.93. The van der Waals surface area contributed by atoms with Gasteiger partial charge < -0.3 is 15.0 Å². The summed E-state index contributed by atoms with van der Waals surface area (Å²) in [5.74, 6) is 2.47. The van der Waals surface area contributed by atoms with Crippen molar-refractivity contribution in [2.24, 2.45) is 0 Å². The van der Waals surface area contributed by atoms with Crippen LogP contribution in [0.3, 0.4) is 0 Å². The monoisotopic (exact) mass is 813 g/mol. The number of pyridine rings is 1. The highest BCUT2D eigenvalue weighted by Crippen LogP contribution is 2.42. The minimum absolute atomic E-state index is 0.00437. The van der Waals surface area contributed by atoms with E-state index in [-0.39, 0.29) is 27.1 Å². The van der Waals surface area contributed by atoms with Crippen LogP contribution in [-0.4, -0.2) is 16.6 Å². The molecule has 0 amide bonds. The highest BCUT2D eigenvalue weighted by atomic mass is 16.5. The Labute approximate surface area is 366 Å². The van der Waals surface area contributed by atoms with Gasteiger partial charge in [0.15, 0.2) is 0 Å². The van der Waals surface area contributed by atoms with E-state index in [0.29, 0.717) is 0 Å². The summed E-state index contributed by atoms with van der Waals surface area (Å²) in [6.07, 6.45) is 1.94. The summed E-state index contributed by atoms with van der Waals surface area (Å²) in [6.45, 7) is 34.0. The van der Waals surface area contributed by atoms with Crippen LogP contribution < -0.4 is 15.0 Å². The lowest BCUT2D eigenvalue weighted by molar-refractivity contribution is 0.479. The fraction of sp³-hybridized carbons (Fsp3) is 0.375. The Kier molecular flexibility index (Phi) is 11.0. The molecule has 0 saturated heterocycles. The number of benzene rings is 5. The molecule has 0 unspecified atom stereocenters. The van der Waals surface area contributed by atoms with Crippen molar-refractivity contribution in [3.8, 4) is 17.3 Å². The number of aromatic nitrogens is 2. The average molecular weight is 813 g/mol. The molecule has 0 saturated carbocycles. The minimum atomic E-state index is -0.123. The Morgan fingerprint density at radius 3 is 1.69 bits per heavy atom. The first-order valence-corrected chi connectivity index (χ1v) is 21.9. The molecule has 2 heterocycles. The van der Waals surface area contributed by atoms with Gasteiger partial charge in [-0.05, 0) is 122 Å². The van der Waals surface area contributed by atoms with Gasteiger partial charge in [-0.25, -0.2) is 4.98 Å². The Balaban J connectivity index is 1.35. The van der Waals surface area contributed by atoms with Crippen molar-refractivity contribution in [1.29, 1.82) is 0 Å². The molecule has 5 aromatic carbocycles. The van der Waals surface area contributed by atoms with Crippen molar-refractivity contribution in [3.63, 3.8) is 0 Å². The van der Waals surface area contributed by atoms with E-state index in [1.807, 2.05) is 6.20 Å². The van der Waals surface area contributed by atoms with Crippen LogP contribution in [0.5, 0.6) is 11.5 Å². The zero-order valence-electron chi connectivity index (χ0n) is 39.7. The molecule has 0 aliphatic heterocycles. The zero-order valence-corrected chi connectivity index (χ0v) is 39.7. The maximum absolute atomic E-state index is 6.96. The molecule has 61 heavy (non-hydrogen) atoms. The number of fused-ring (bicyclic) bond motifs is 3. The predicted octanol–water partition coefficient (Wildman–Crippen LogP) is 16.0. The van der Waals surface area contributed by atoms with Crippen molar-refractivity contribution in [1.82, 2.24) is 9.55 Å². The van der Waals surface area contributed by atoms with Crippen LogP contribution in [0.1, 0.15) is 132 Å². The van der Waals surface area contributed by atoms with Gasteiger partial charge in [0.25, 0.3) is 0 Å². The van der Waals surface area contributed by atoms with Gasteiger partial charge in [-0.2, -0.15) is 0 Å². The summed E-state index contributed by atoms with van der Waals surface area (Å²) < 4.78 is 9.28. The molecule has 0 spiro atoms. The molecular weight excluding hydrogens is 745 g/mol. The van der Waals surface area contributed by atoms with Crippen LogP contribution in [-0.2, 0) is 27.1 Å². The van der Waals surface area contributed by atoms with Gasteiger partial charge in [-0.1, -0.05) is 134 Å². The number of anilines is 4. The maximum atomic E-state index is 6.96. The molecule has 0 radical (unpaired) electrons. The lowest BCUT2D eigenvalue weighted by Gasteiger charge is -2.29. The second-order valence-electron chi connectivity index (χ2n) is 22.2. The normalized spacial score (nSPS) is 12.9. The molecule has 318 valence electrons. The van der Waals surface area contributed by atoms with Crippen molar-refractivity contribution in [3.05, 3.63) is 143 Å². The largest absolute Gasteiger partial charge is 0.457 e. The highest BCUT2D eigenvalue weighted by Gasteiger charge is 2.24. The summed E-state index contributed by atoms with van der Waals surface area (Å²) in [5, 5.41) is 6.17. The quantitative estimate of drug-likeness (QED) is 0.174. The molecule has 0 fully saturated rings. The molecule has 0 atom stereocenters. The molecule has 7 aromatic rings. The van der Waals surface area contributed by atoms with E-state index in [2.05, 4.69) is 235 Å². The third kappa shape index (κ3) is 9.22. The van der Waals surface area contributed by atoms with Crippen molar-refractivity contribution >= 4 is 44.6 Å². The molecule has 0 aliphatic carbocycles. The Bertz CT molecular complexity index is 2730. The van der Waals surface area contributed by atoms with Gasteiger partial charge >= 0.3 is 0 Å². The van der Waals surface area contributed by atoms with E-state index in [4.69, 9.17) is 9.72 Å². The van der Waals surface area contributed by atoms with Gasteiger partial charge in [0.1, 0.15) is 17.3 Å². The Hall–Kier alpha value is -5.55. The van der Waals surface area contributed by atoms with Crippen LogP contribution >= 0.6 is 0 Å². The summed E-state index contributed by atoms with van der Waals surface area (Å²) in [7, 11) is 2.17. The van der Waals surface area contributed by atoms with E-state index in [1.54, 1.807) is 0 Å². The Morgan fingerprint density at radius 2 is 1.05 bits per heavy atom. The fourth-order valence-corrected chi connectivity index (χ4v) is 7.93. The number of nitrogens with zero attached hydrogens (tertiary/aromatic N) is 3. The van der Waals surface area contributed by atoms with Crippen molar-refractivity contribution < 1.29 is 4.74 Å². The van der Waals surface area contributed by atoms with E-state index in [9.17, 15) is 0 Å². The number of hydrogen-bond acceptors (Lipinski definition) is 4. The number of rotatable bonds is 7. The van der Waals surface area contributed by atoms with E-state index in [1.165, 1.54) is 38.6 Å².